The molecule has 0 aliphatic carbocycles. The highest BCUT2D eigenvalue weighted by atomic mass is 32.2. The molecule has 2 N–H and O–H groups in total. The molecule has 0 saturated heterocycles. The fraction of sp³-hybridized carbons (Fsp3) is 0.714. The molecular formula is C14H25N3OS. The zero-order valence-corrected chi connectivity index (χ0v) is 13.1. The van der Waals surface area contributed by atoms with Crippen LogP contribution in [0.5, 0.6) is 0 Å². The van der Waals surface area contributed by atoms with Crippen LogP contribution in [0.3, 0.4) is 0 Å². The van der Waals surface area contributed by atoms with E-state index in [4.69, 9.17) is 0 Å². The zero-order valence-electron chi connectivity index (χ0n) is 12.3. The first-order valence-corrected chi connectivity index (χ1v) is 7.90. The summed E-state index contributed by atoms with van der Waals surface area (Å²) in [7, 11) is 0. The maximum atomic E-state index is 9.63. The normalized spacial score (nSPS) is 14.2. The predicted octanol–water partition coefficient (Wildman–Crippen LogP) is 3.11. The van der Waals surface area contributed by atoms with E-state index in [0.717, 1.165) is 36.7 Å². The van der Waals surface area contributed by atoms with Gasteiger partial charge in [-0.3, -0.25) is 0 Å². The fourth-order valence-electron chi connectivity index (χ4n) is 1.64. The monoisotopic (exact) mass is 283 g/mol. The Labute approximate surface area is 120 Å². The van der Waals surface area contributed by atoms with Gasteiger partial charge in [0.05, 0.1) is 6.10 Å². The van der Waals surface area contributed by atoms with Crippen molar-refractivity contribution in [1.82, 2.24) is 9.97 Å². The average Bonchev–Trinajstić information content (AvgIpc) is 2.39. The second-order valence-corrected chi connectivity index (χ2v) is 6.11. The lowest BCUT2D eigenvalue weighted by atomic mass is 10.2. The highest BCUT2D eigenvalue weighted by Gasteiger charge is 2.16. The molecule has 0 aromatic carbocycles. The number of aliphatic hydroxyl groups excluding tert-OH is 1. The molecule has 0 aliphatic rings. The smallest absolute Gasteiger partial charge is 0.133 e. The largest absolute Gasteiger partial charge is 0.392 e. The first kappa shape index (κ1) is 16.2. The maximum Gasteiger partial charge on any atom is 0.133 e. The summed E-state index contributed by atoms with van der Waals surface area (Å²) in [5.74, 6) is 0.944. The Hall–Kier alpha value is -0.810. The van der Waals surface area contributed by atoms with Gasteiger partial charge in [-0.25, -0.2) is 9.97 Å². The molecule has 1 aromatic rings. The number of thioether (sulfide) groups is 1. The Morgan fingerprint density at radius 1 is 1.26 bits per heavy atom. The van der Waals surface area contributed by atoms with E-state index in [9.17, 15) is 5.11 Å². The summed E-state index contributed by atoms with van der Waals surface area (Å²) < 4.78 is 0. The van der Waals surface area contributed by atoms with Crippen LogP contribution in [0.25, 0.3) is 0 Å². The van der Waals surface area contributed by atoms with Crippen molar-refractivity contribution in [2.75, 3.05) is 11.9 Å². The molecule has 0 bridgehead atoms. The second kappa shape index (κ2) is 8.38. The van der Waals surface area contributed by atoms with Gasteiger partial charge < -0.3 is 10.4 Å². The van der Waals surface area contributed by atoms with E-state index in [-0.39, 0.29) is 11.4 Å². The van der Waals surface area contributed by atoms with E-state index in [1.165, 1.54) is 5.56 Å². The van der Waals surface area contributed by atoms with E-state index in [2.05, 4.69) is 29.1 Å². The highest BCUT2D eigenvalue weighted by Crippen LogP contribution is 2.30. The Bertz CT molecular complexity index is 385. The van der Waals surface area contributed by atoms with E-state index in [0.29, 0.717) is 0 Å². The molecule has 0 saturated carbocycles. The molecular weight excluding hydrogens is 258 g/mol. The Kier molecular flexibility index (Phi) is 7.16. The van der Waals surface area contributed by atoms with Gasteiger partial charge >= 0.3 is 0 Å². The van der Waals surface area contributed by atoms with Crippen LogP contribution in [0.1, 0.15) is 46.1 Å². The number of nitrogens with one attached hydrogen (secondary N) is 1. The average molecular weight is 283 g/mol. The number of aliphatic hydroxyl groups is 1. The van der Waals surface area contributed by atoms with Crippen LogP contribution in [-0.2, 0) is 6.42 Å². The number of nitrogens with zero attached hydrogens (tertiary/aromatic N) is 2. The Morgan fingerprint density at radius 3 is 2.58 bits per heavy atom. The Balaban J connectivity index is 2.94. The van der Waals surface area contributed by atoms with Gasteiger partial charge in [-0.05, 0) is 19.8 Å². The molecule has 0 amide bonds. The summed E-state index contributed by atoms with van der Waals surface area (Å²) in [6.07, 6.45) is 4.35. The lowest BCUT2D eigenvalue weighted by Gasteiger charge is -2.17. The fourth-order valence-corrected chi connectivity index (χ4v) is 2.64. The van der Waals surface area contributed by atoms with E-state index < -0.39 is 0 Å². The third-order valence-electron chi connectivity index (χ3n) is 2.93. The van der Waals surface area contributed by atoms with Gasteiger partial charge in [0.1, 0.15) is 17.2 Å². The van der Waals surface area contributed by atoms with Crippen LogP contribution >= 0.6 is 11.8 Å². The van der Waals surface area contributed by atoms with Crippen LogP contribution in [0.4, 0.5) is 5.82 Å². The molecule has 4 nitrogen and oxygen atoms in total. The van der Waals surface area contributed by atoms with Crippen molar-refractivity contribution in [2.45, 2.75) is 63.3 Å². The molecule has 2 atom stereocenters. The van der Waals surface area contributed by atoms with Crippen LogP contribution in [0.2, 0.25) is 0 Å². The van der Waals surface area contributed by atoms with Crippen LogP contribution in [0, 0.1) is 0 Å². The lowest BCUT2D eigenvalue weighted by Crippen LogP contribution is -2.16. The van der Waals surface area contributed by atoms with Gasteiger partial charge in [-0.2, -0.15) is 0 Å². The molecule has 0 fully saturated rings. The van der Waals surface area contributed by atoms with Crippen LogP contribution in [0.15, 0.2) is 11.4 Å². The molecule has 0 spiro atoms. The van der Waals surface area contributed by atoms with Crippen molar-refractivity contribution in [3.63, 3.8) is 0 Å². The maximum absolute atomic E-state index is 9.63. The number of hydrogen-bond donors (Lipinski definition) is 2. The topological polar surface area (TPSA) is 58.0 Å². The van der Waals surface area contributed by atoms with Gasteiger partial charge in [0.15, 0.2) is 0 Å². The molecule has 108 valence electrons. The molecule has 2 unspecified atom stereocenters. The van der Waals surface area contributed by atoms with Crippen molar-refractivity contribution < 1.29 is 5.11 Å². The lowest BCUT2D eigenvalue weighted by molar-refractivity contribution is 0.196. The van der Waals surface area contributed by atoms with E-state index in [1.54, 1.807) is 18.1 Å². The predicted molar refractivity (Wildman–Crippen MR) is 81.8 cm³/mol. The van der Waals surface area contributed by atoms with E-state index >= 15 is 0 Å². The minimum absolute atomic E-state index is 0.129. The van der Waals surface area contributed by atoms with Crippen molar-refractivity contribution in [2.24, 2.45) is 0 Å². The number of aromatic nitrogens is 2. The molecule has 19 heavy (non-hydrogen) atoms. The summed E-state index contributed by atoms with van der Waals surface area (Å²) in [5.41, 5.74) is 1.18. The standard InChI is InChI=1S/C14H25N3OS/c1-5-7-12-13(15-8-6-2)16-9-17-14(12)19-11(4)10(3)18/h9-11,18H,5-8H2,1-4H3,(H,15,16,17). The zero-order chi connectivity index (χ0) is 14.3. The molecule has 0 radical (unpaired) electrons. The van der Waals surface area contributed by atoms with Gasteiger partial charge in [-0.15, -0.1) is 11.8 Å². The summed E-state index contributed by atoms with van der Waals surface area (Å²) >= 11 is 1.62. The minimum atomic E-state index is -0.346. The van der Waals surface area contributed by atoms with Gasteiger partial charge in [0, 0.05) is 17.4 Å². The van der Waals surface area contributed by atoms with Gasteiger partial charge in [0.25, 0.3) is 0 Å². The first-order valence-electron chi connectivity index (χ1n) is 7.02. The summed E-state index contributed by atoms with van der Waals surface area (Å²) in [6, 6.07) is 0. The number of hydrogen-bond acceptors (Lipinski definition) is 5. The SMILES string of the molecule is CCCNc1ncnc(SC(C)C(C)O)c1CCC. The van der Waals surface area contributed by atoms with Gasteiger partial charge in [-0.1, -0.05) is 27.2 Å². The second-order valence-electron chi connectivity index (χ2n) is 4.75. The Morgan fingerprint density at radius 2 is 2.00 bits per heavy atom. The highest BCUT2D eigenvalue weighted by molar-refractivity contribution is 7.99. The van der Waals surface area contributed by atoms with Gasteiger partial charge in [0.2, 0.25) is 0 Å². The molecule has 0 aliphatic heterocycles. The number of anilines is 1. The molecule has 1 heterocycles. The first-order chi connectivity index (χ1) is 9.10. The third kappa shape index (κ3) is 4.99. The minimum Gasteiger partial charge on any atom is -0.392 e. The van der Waals surface area contributed by atoms with Crippen molar-refractivity contribution in [1.29, 1.82) is 0 Å². The van der Waals surface area contributed by atoms with Crippen LogP contribution < -0.4 is 5.32 Å². The summed E-state index contributed by atoms with van der Waals surface area (Å²) in [6.45, 7) is 9.05. The third-order valence-corrected chi connectivity index (χ3v) is 4.27. The molecule has 1 aromatic heterocycles. The van der Waals surface area contributed by atoms with Crippen molar-refractivity contribution in [3.05, 3.63) is 11.9 Å². The summed E-state index contributed by atoms with van der Waals surface area (Å²) in [4.78, 5) is 8.74. The summed E-state index contributed by atoms with van der Waals surface area (Å²) in [5, 5.41) is 14.1. The van der Waals surface area contributed by atoms with Crippen molar-refractivity contribution in [3.8, 4) is 0 Å². The van der Waals surface area contributed by atoms with E-state index in [1.807, 2.05) is 13.8 Å². The molecule has 5 heteroatoms. The quantitative estimate of drug-likeness (QED) is 0.567. The van der Waals surface area contributed by atoms with Crippen LogP contribution in [-0.4, -0.2) is 33.0 Å². The molecule has 1 rings (SSSR count). The number of rotatable bonds is 8. The van der Waals surface area contributed by atoms with Crippen molar-refractivity contribution >= 4 is 17.6 Å².